The number of halogens is 6. The van der Waals surface area contributed by atoms with Gasteiger partial charge in [-0.05, 0) is 25.1 Å². The summed E-state index contributed by atoms with van der Waals surface area (Å²) in [6, 6.07) is 5.28. The third kappa shape index (κ3) is 8.11. The summed E-state index contributed by atoms with van der Waals surface area (Å²) in [5.41, 5.74) is 6.52. The number of nitrogens with zero attached hydrogens (tertiary/aromatic N) is 4. The van der Waals surface area contributed by atoms with E-state index in [-0.39, 0.29) is 24.9 Å². The number of hydrogen-bond acceptors (Lipinski definition) is 11. The predicted molar refractivity (Wildman–Crippen MR) is 123 cm³/mol. The molecule has 1 unspecified atom stereocenters. The molecule has 1 aliphatic heterocycles. The lowest BCUT2D eigenvalue weighted by molar-refractivity contribution is -0.166. The lowest BCUT2D eigenvalue weighted by Crippen LogP contribution is -2.23. The number of ether oxygens (including phenoxy) is 3. The van der Waals surface area contributed by atoms with E-state index in [1.807, 2.05) is 0 Å². The van der Waals surface area contributed by atoms with Crippen LogP contribution in [-0.4, -0.2) is 64.3 Å². The van der Waals surface area contributed by atoms with Gasteiger partial charge in [0.05, 0.1) is 19.0 Å². The number of anilines is 1. The molecule has 1 atom stereocenters. The number of rotatable bonds is 11. The second kappa shape index (κ2) is 11.4. The minimum atomic E-state index is -4.95. The lowest BCUT2D eigenvalue weighted by Gasteiger charge is -2.22. The molecule has 0 saturated carbocycles. The lowest BCUT2D eigenvalue weighted by atomic mass is 10.3. The highest BCUT2D eigenvalue weighted by Crippen LogP contribution is 2.50. The van der Waals surface area contributed by atoms with Crippen LogP contribution in [-0.2, 0) is 24.9 Å². The van der Waals surface area contributed by atoms with Crippen LogP contribution >= 0.6 is 19.4 Å². The third-order valence-electron chi connectivity index (χ3n) is 4.83. The molecule has 214 valence electrons. The Morgan fingerprint density at radius 2 is 1.77 bits per heavy atom. The Kier molecular flexibility index (Phi) is 8.51. The zero-order valence-electron chi connectivity index (χ0n) is 19.9. The number of imidazole rings is 1. The second-order valence-electron chi connectivity index (χ2n) is 8.07. The monoisotopic (exact) mass is 603 g/mol. The van der Waals surface area contributed by atoms with Crippen molar-refractivity contribution in [3.63, 3.8) is 0 Å². The molecule has 1 aliphatic rings. The molecule has 0 radical (unpaired) electrons. The molecule has 0 spiro atoms. The maximum Gasteiger partial charge on any atom is 0.412 e. The summed E-state index contributed by atoms with van der Waals surface area (Å²) >= 11 is 1.23. The molecule has 4 rings (SSSR count). The molecule has 2 aromatic heterocycles. The Balaban J connectivity index is 1.45. The molecule has 3 aromatic rings. The van der Waals surface area contributed by atoms with E-state index < -0.39 is 45.6 Å². The third-order valence-corrected chi connectivity index (χ3v) is 7.31. The highest BCUT2D eigenvalue weighted by Gasteiger charge is 2.39. The maximum atomic E-state index is 12.5. The average Bonchev–Trinajstić information content (AvgIpc) is 3.46. The number of alkyl halides is 6. The van der Waals surface area contributed by atoms with Crippen molar-refractivity contribution in [1.82, 2.24) is 19.5 Å². The SMILES string of the molecule is CC(Cn1cnc2c(Sc3ccc4c(c3)OCO4)nc(N)nc21)OCP(=O)(OCC(F)(F)F)OCC(F)(F)F. The number of nitrogens with two attached hydrogens (primary N) is 1. The molecular formula is C20H20F6N5O6PS. The summed E-state index contributed by atoms with van der Waals surface area (Å²) in [4.78, 5) is 13.4. The first-order chi connectivity index (χ1) is 18.2. The van der Waals surface area contributed by atoms with E-state index in [2.05, 4.69) is 24.0 Å². The van der Waals surface area contributed by atoms with E-state index in [9.17, 15) is 30.9 Å². The minimum absolute atomic E-state index is 0.0420. The Morgan fingerprint density at radius 1 is 1.10 bits per heavy atom. The first-order valence-corrected chi connectivity index (χ1v) is 13.4. The topological polar surface area (TPSA) is 133 Å². The highest BCUT2D eigenvalue weighted by molar-refractivity contribution is 7.99. The Hall–Kier alpha value is -2.79. The van der Waals surface area contributed by atoms with Gasteiger partial charge in [0.15, 0.2) is 30.4 Å². The van der Waals surface area contributed by atoms with Crippen LogP contribution < -0.4 is 15.2 Å². The smallest absolute Gasteiger partial charge is 0.412 e. The number of benzene rings is 1. The summed E-state index contributed by atoms with van der Waals surface area (Å²) in [5.74, 6) is 1.08. The molecule has 2 N–H and O–H groups in total. The zero-order chi connectivity index (χ0) is 28.4. The molecule has 0 aliphatic carbocycles. The van der Waals surface area contributed by atoms with Crippen molar-refractivity contribution in [3.05, 3.63) is 24.5 Å². The van der Waals surface area contributed by atoms with Gasteiger partial charge in [-0.1, -0.05) is 11.8 Å². The van der Waals surface area contributed by atoms with Crippen LogP contribution in [0.3, 0.4) is 0 Å². The van der Waals surface area contributed by atoms with E-state index in [0.29, 0.717) is 22.0 Å². The van der Waals surface area contributed by atoms with E-state index in [4.69, 9.17) is 19.9 Å². The molecule has 39 heavy (non-hydrogen) atoms. The summed E-state index contributed by atoms with van der Waals surface area (Å²) in [7, 11) is -4.92. The van der Waals surface area contributed by atoms with Gasteiger partial charge in [-0.2, -0.15) is 31.3 Å². The molecule has 1 aromatic carbocycles. The van der Waals surface area contributed by atoms with Crippen LogP contribution in [0, 0.1) is 0 Å². The fourth-order valence-electron chi connectivity index (χ4n) is 3.19. The van der Waals surface area contributed by atoms with Crippen molar-refractivity contribution in [2.24, 2.45) is 0 Å². The van der Waals surface area contributed by atoms with Crippen LogP contribution in [0.1, 0.15) is 6.92 Å². The number of fused-ring (bicyclic) bond motifs is 2. The molecule has 0 bridgehead atoms. The molecular weight excluding hydrogens is 583 g/mol. The maximum absolute atomic E-state index is 12.5. The van der Waals surface area contributed by atoms with Crippen molar-refractivity contribution >= 4 is 36.5 Å². The van der Waals surface area contributed by atoms with E-state index in [0.717, 1.165) is 4.90 Å². The van der Waals surface area contributed by atoms with Gasteiger partial charge >= 0.3 is 19.9 Å². The average molecular weight is 603 g/mol. The van der Waals surface area contributed by atoms with Gasteiger partial charge in [-0.25, -0.2) is 9.97 Å². The summed E-state index contributed by atoms with van der Waals surface area (Å²) in [6.45, 7) is -2.65. The van der Waals surface area contributed by atoms with Gasteiger partial charge in [0.25, 0.3) is 0 Å². The van der Waals surface area contributed by atoms with Crippen molar-refractivity contribution in [2.75, 3.05) is 32.1 Å². The minimum Gasteiger partial charge on any atom is -0.454 e. The van der Waals surface area contributed by atoms with Crippen LogP contribution in [0.5, 0.6) is 11.5 Å². The fourth-order valence-corrected chi connectivity index (χ4v) is 5.45. The first kappa shape index (κ1) is 29.2. The van der Waals surface area contributed by atoms with E-state index >= 15 is 0 Å². The molecule has 0 amide bonds. The van der Waals surface area contributed by atoms with E-state index in [1.54, 1.807) is 18.2 Å². The molecule has 0 fully saturated rings. The van der Waals surface area contributed by atoms with Crippen molar-refractivity contribution in [2.45, 2.75) is 41.8 Å². The number of aromatic nitrogens is 4. The summed E-state index contributed by atoms with van der Waals surface area (Å²) in [6.07, 6.45) is -10.6. The van der Waals surface area contributed by atoms with Crippen molar-refractivity contribution < 1.29 is 54.2 Å². The number of hydrogen-bond donors (Lipinski definition) is 1. The Bertz CT molecular complexity index is 1350. The van der Waals surface area contributed by atoms with Crippen LogP contribution in [0.4, 0.5) is 32.3 Å². The van der Waals surface area contributed by atoms with Gasteiger partial charge in [0.2, 0.25) is 12.7 Å². The molecule has 11 nitrogen and oxygen atoms in total. The Morgan fingerprint density at radius 3 is 2.44 bits per heavy atom. The van der Waals surface area contributed by atoms with Crippen LogP contribution in [0.15, 0.2) is 34.4 Å². The van der Waals surface area contributed by atoms with Gasteiger partial charge < -0.3 is 24.5 Å². The summed E-state index contributed by atoms with van der Waals surface area (Å²) in [5, 5.41) is 0.411. The standard InChI is InChI=1S/C20H20F6N5O6PS/c1-11(35-10-38(32,36-6-19(21,22)23)37-7-20(24,25)26)5-31-8-28-15-16(31)29-18(27)30-17(15)39-12-2-3-13-14(4-12)34-9-33-13/h2-4,8,11H,5-7,9-10H2,1H3,(H2,27,29,30). The van der Waals surface area contributed by atoms with Gasteiger partial charge in [-0.3, -0.25) is 13.6 Å². The highest BCUT2D eigenvalue weighted by atomic mass is 32.2. The zero-order valence-corrected chi connectivity index (χ0v) is 21.6. The molecule has 3 heterocycles. The van der Waals surface area contributed by atoms with Crippen molar-refractivity contribution in [1.29, 1.82) is 0 Å². The van der Waals surface area contributed by atoms with Gasteiger partial charge in [0, 0.05) is 4.90 Å². The summed E-state index contributed by atoms with van der Waals surface area (Å²) < 4.78 is 113. The second-order valence-corrected chi connectivity index (χ2v) is 11.1. The van der Waals surface area contributed by atoms with Crippen LogP contribution in [0.25, 0.3) is 11.2 Å². The molecule has 19 heteroatoms. The van der Waals surface area contributed by atoms with Crippen LogP contribution in [0.2, 0.25) is 0 Å². The largest absolute Gasteiger partial charge is 0.454 e. The molecule has 0 saturated heterocycles. The fraction of sp³-hybridized carbons (Fsp3) is 0.450. The van der Waals surface area contributed by atoms with Gasteiger partial charge in [-0.15, -0.1) is 0 Å². The Labute approximate surface area is 220 Å². The van der Waals surface area contributed by atoms with Gasteiger partial charge in [0.1, 0.15) is 16.9 Å². The van der Waals surface area contributed by atoms with E-state index in [1.165, 1.54) is 29.6 Å². The van der Waals surface area contributed by atoms with Crippen molar-refractivity contribution in [3.8, 4) is 11.5 Å². The first-order valence-electron chi connectivity index (χ1n) is 10.9. The normalized spacial score (nSPS) is 14.7. The number of nitrogen functional groups attached to an aromatic ring is 1. The predicted octanol–water partition coefficient (Wildman–Crippen LogP) is 5.00. The quantitative estimate of drug-likeness (QED) is 0.180.